The molecule has 1 aliphatic rings. The second kappa shape index (κ2) is 14.0. The predicted octanol–water partition coefficient (Wildman–Crippen LogP) is -0.237. The molecule has 1 aliphatic heterocycles. The largest absolute Gasteiger partial charge is 0.457 e. The van der Waals surface area contributed by atoms with Gasteiger partial charge in [0.05, 0.1) is 31.8 Å². The van der Waals surface area contributed by atoms with Gasteiger partial charge >= 0.3 is 0 Å². The molecule has 1 amide bonds. The molecule has 7 N–H and O–H groups in total. The Labute approximate surface area is 221 Å². The molecule has 0 spiro atoms. The fraction of sp³-hybridized carbons (Fsp3) is 0.519. The Morgan fingerprint density at radius 3 is 2.16 bits per heavy atom. The van der Waals surface area contributed by atoms with Crippen molar-refractivity contribution in [3.05, 3.63) is 59.7 Å². The summed E-state index contributed by atoms with van der Waals surface area (Å²) in [6.45, 7) is 2.62. The minimum Gasteiger partial charge on any atom is -0.457 e. The summed E-state index contributed by atoms with van der Waals surface area (Å²) in [5, 5.41) is 62.8. The van der Waals surface area contributed by atoms with E-state index in [1.807, 2.05) is 31.2 Å². The number of ether oxygens (including phenoxy) is 3. The molecule has 3 rings (SSSR count). The van der Waals surface area contributed by atoms with E-state index in [4.69, 9.17) is 14.2 Å². The van der Waals surface area contributed by atoms with Crippen molar-refractivity contribution in [2.24, 2.45) is 0 Å². The van der Waals surface area contributed by atoms with E-state index in [-0.39, 0.29) is 12.8 Å². The molecule has 210 valence electrons. The van der Waals surface area contributed by atoms with Crippen LogP contribution in [0.3, 0.4) is 0 Å². The normalized spacial score (nSPS) is 25.8. The van der Waals surface area contributed by atoms with Crippen LogP contribution < -0.4 is 10.1 Å². The lowest BCUT2D eigenvalue weighted by Crippen LogP contribution is -2.60. The summed E-state index contributed by atoms with van der Waals surface area (Å²) >= 11 is 0. The Hall–Kier alpha value is -2.61. The highest BCUT2D eigenvalue weighted by molar-refractivity contribution is 5.79. The molecule has 0 bridgehead atoms. The molecule has 0 saturated carbocycles. The fourth-order valence-corrected chi connectivity index (χ4v) is 4.00. The van der Waals surface area contributed by atoms with Crippen molar-refractivity contribution in [2.75, 3.05) is 13.2 Å². The van der Waals surface area contributed by atoms with Crippen LogP contribution >= 0.6 is 0 Å². The SMILES string of the molecule is CC[C@@H](O)[C@@H](O)[C@H](CO[C@H]1OC(CO)[C@@H](O)[C@H](O)C1O)NC(=O)Cc1ccc(Oc2ccc(C)cc2)cc1. The lowest BCUT2D eigenvalue weighted by molar-refractivity contribution is -0.303. The number of nitrogens with one attached hydrogen (secondary N) is 1. The van der Waals surface area contributed by atoms with Crippen molar-refractivity contribution < 1.29 is 49.6 Å². The van der Waals surface area contributed by atoms with Crippen molar-refractivity contribution in [3.8, 4) is 11.5 Å². The molecule has 11 heteroatoms. The molecule has 0 aromatic heterocycles. The smallest absolute Gasteiger partial charge is 0.224 e. The second-order valence-corrected chi connectivity index (χ2v) is 9.41. The van der Waals surface area contributed by atoms with Gasteiger partial charge in [-0.2, -0.15) is 0 Å². The maximum absolute atomic E-state index is 12.8. The van der Waals surface area contributed by atoms with E-state index >= 15 is 0 Å². The lowest BCUT2D eigenvalue weighted by Gasteiger charge is -2.40. The number of aryl methyl sites for hydroxylation is 1. The van der Waals surface area contributed by atoms with Gasteiger partial charge in [-0.25, -0.2) is 0 Å². The highest BCUT2D eigenvalue weighted by atomic mass is 16.7. The predicted molar refractivity (Wildman–Crippen MR) is 135 cm³/mol. The van der Waals surface area contributed by atoms with E-state index in [2.05, 4.69) is 5.32 Å². The van der Waals surface area contributed by atoms with E-state index in [1.165, 1.54) is 0 Å². The molecule has 0 aliphatic carbocycles. The summed E-state index contributed by atoms with van der Waals surface area (Å²) < 4.78 is 16.6. The minimum atomic E-state index is -1.64. The van der Waals surface area contributed by atoms with Crippen molar-refractivity contribution >= 4 is 5.91 Å². The Bertz CT molecular complexity index is 1000. The summed E-state index contributed by atoms with van der Waals surface area (Å²) in [5.74, 6) is 0.832. The van der Waals surface area contributed by atoms with Gasteiger partial charge in [0.2, 0.25) is 5.91 Å². The van der Waals surface area contributed by atoms with E-state index < -0.39 is 68.1 Å². The van der Waals surface area contributed by atoms with Crippen LogP contribution in [0.1, 0.15) is 24.5 Å². The van der Waals surface area contributed by atoms with Crippen LogP contribution in [0, 0.1) is 6.92 Å². The molecular formula is C27H37NO10. The number of amides is 1. The summed E-state index contributed by atoms with van der Waals surface area (Å²) in [4.78, 5) is 12.8. The van der Waals surface area contributed by atoms with E-state index in [9.17, 15) is 35.4 Å². The Morgan fingerprint density at radius 2 is 1.58 bits per heavy atom. The van der Waals surface area contributed by atoms with Crippen molar-refractivity contribution in [2.45, 2.75) is 75.6 Å². The van der Waals surface area contributed by atoms with Crippen LogP contribution in [0.2, 0.25) is 0 Å². The number of aliphatic hydroxyl groups is 6. The second-order valence-electron chi connectivity index (χ2n) is 9.41. The Kier molecular flexibility index (Phi) is 11.0. The molecule has 8 atom stereocenters. The van der Waals surface area contributed by atoms with Gasteiger partial charge in [0, 0.05) is 0 Å². The molecule has 38 heavy (non-hydrogen) atoms. The standard InChI is InChI=1S/C27H37NO10/c1-3-20(30)23(32)19(14-36-27-26(35)25(34)24(33)21(13-29)38-27)28-22(31)12-16-6-10-18(11-7-16)37-17-8-4-15(2)5-9-17/h4-11,19-21,23-27,29-30,32-35H,3,12-14H2,1-2H3,(H,28,31)/t19-,20+,21?,23-,24+,25-,26?,27-/m0/s1. The first-order chi connectivity index (χ1) is 18.1. The molecule has 1 fully saturated rings. The van der Waals surface area contributed by atoms with Crippen molar-refractivity contribution in [3.63, 3.8) is 0 Å². The number of hydrogen-bond acceptors (Lipinski definition) is 10. The summed E-state index contributed by atoms with van der Waals surface area (Å²) in [7, 11) is 0. The average molecular weight is 536 g/mol. The molecule has 2 aromatic carbocycles. The van der Waals surface area contributed by atoms with E-state index in [0.717, 1.165) is 5.56 Å². The highest BCUT2D eigenvalue weighted by Gasteiger charge is 2.44. The van der Waals surface area contributed by atoms with Crippen LogP contribution in [-0.4, -0.2) is 98.7 Å². The number of carbonyl (C=O) groups is 1. The number of carbonyl (C=O) groups excluding carboxylic acids is 1. The monoisotopic (exact) mass is 535 g/mol. The molecule has 11 nitrogen and oxygen atoms in total. The summed E-state index contributed by atoms with van der Waals surface area (Å²) in [6.07, 6.45) is -9.84. The van der Waals surface area contributed by atoms with Crippen LogP contribution in [0.15, 0.2) is 48.5 Å². The molecule has 2 unspecified atom stereocenters. The van der Waals surface area contributed by atoms with Crippen LogP contribution in [0.25, 0.3) is 0 Å². The average Bonchev–Trinajstić information content (AvgIpc) is 2.92. The van der Waals surface area contributed by atoms with Gasteiger partial charge in [-0.05, 0) is 43.2 Å². The molecule has 0 radical (unpaired) electrons. The minimum absolute atomic E-state index is 0.0314. The first-order valence-corrected chi connectivity index (χ1v) is 12.5. The van der Waals surface area contributed by atoms with Gasteiger partial charge in [-0.1, -0.05) is 36.8 Å². The summed E-state index contributed by atoms with van der Waals surface area (Å²) in [5.41, 5.74) is 1.80. The van der Waals surface area contributed by atoms with E-state index in [1.54, 1.807) is 31.2 Å². The third-order valence-electron chi connectivity index (χ3n) is 6.40. The zero-order valence-corrected chi connectivity index (χ0v) is 21.4. The molecular weight excluding hydrogens is 498 g/mol. The van der Waals surface area contributed by atoms with Crippen LogP contribution in [0.4, 0.5) is 0 Å². The Balaban J connectivity index is 1.60. The molecule has 1 saturated heterocycles. The van der Waals surface area contributed by atoms with E-state index in [0.29, 0.717) is 17.1 Å². The topological polar surface area (TPSA) is 178 Å². The number of hydrogen-bond donors (Lipinski definition) is 7. The molecule has 1 heterocycles. The zero-order chi connectivity index (χ0) is 27.8. The third-order valence-corrected chi connectivity index (χ3v) is 6.40. The van der Waals surface area contributed by atoms with Gasteiger partial charge in [0.25, 0.3) is 0 Å². The first kappa shape index (κ1) is 29.9. The number of rotatable bonds is 12. The first-order valence-electron chi connectivity index (χ1n) is 12.5. The number of benzene rings is 2. The molecule has 2 aromatic rings. The van der Waals surface area contributed by atoms with Gasteiger partial charge in [0.15, 0.2) is 6.29 Å². The summed E-state index contributed by atoms with van der Waals surface area (Å²) in [6, 6.07) is 13.5. The van der Waals surface area contributed by atoms with Crippen LogP contribution in [-0.2, 0) is 20.7 Å². The zero-order valence-electron chi connectivity index (χ0n) is 21.4. The quantitative estimate of drug-likeness (QED) is 0.192. The van der Waals surface area contributed by atoms with Gasteiger partial charge in [-0.15, -0.1) is 0 Å². The third kappa shape index (κ3) is 7.95. The fourth-order valence-electron chi connectivity index (χ4n) is 4.00. The van der Waals surface area contributed by atoms with Gasteiger partial charge in [0.1, 0.15) is 42.0 Å². The number of aliphatic hydroxyl groups excluding tert-OH is 6. The maximum Gasteiger partial charge on any atom is 0.224 e. The maximum atomic E-state index is 12.8. The Morgan fingerprint density at radius 1 is 0.974 bits per heavy atom. The van der Waals surface area contributed by atoms with Gasteiger partial charge in [-0.3, -0.25) is 4.79 Å². The lowest BCUT2D eigenvalue weighted by atomic mass is 9.99. The highest BCUT2D eigenvalue weighted by Crippen LogP contribution is 2.23. The van der Waals surface area contributed by atoms with Crippen molar-refractivity contribution in [1.29, 1.82) is 0 Å². The van der Waals surface area contributed by atoms with Crippen LogP contribution in [0.5, 0.6) is 11.5 Å². The van der Waals surface area contributed by atoms with Crippen molar-refractivity contribution in [1.82, 2.24) is 5.32 Å². The van der Waals surface area contributed by atoms with Gasteiger partial charge < -0.3 is 50.2 Å².